The van der Waals surface area contributed by atoms with Crippen molar-refractivity contribution in [1.82, 2.24) is 4.98 Å². The summed E-state index contributed by atoms with van der Waals surface area (Å²) < 4.78 is 0. The van der Waals surface area contributed by atoms with E-state index in [1.165, 1.54) is 0 Å². The molecule has 5 heteroatoms. The van der Waals surface area contributed by atoms with E-state index in [-0.39, 0.29) is 0 Å². The molecule has 26 heavy (non-hydrogen) atoms. The third kappa shape index (κ3) is 3.86. The van der Waals surface area contributed by atoms with Crippen LogP contribution in [0.25, 0.3) is 0 Å². The van der Waals surface area contributed by atoms with Crippen molar-refractivity contribution in [3.8, 4) is 12.1 Å². The summed E-state index contributed by atoms with van der Waals surface area (Å²) in [7, 11) is 0. The molecule has 0 N–H and O–H groups in total. The highest BCUT2D eigenvalue weighted by Gasteiger charge is 2.19. The van der Waals surface area contributed by atoms with Crippen LogP contribution in [0.3, 0.4) is 0 Å². The topological polar surface area (TPSA) is 60.5 Å². The molecule has 0 aliphatic heterocycles. The smallest absolute Gasteiger partial charge is 0.113 e. The molecule has 126 valence electrons. The summed E-state index contributed by atoms with van der Waals surface area (Å²) in [5, 5.41) is 20.5. The molecule has 0 bridgehead atoms. The van der Waals surface area contributed by atoms with Crippen molar-refractivity contribution in [3.63, 3.8) is 0 Å². The highest BCUT2D eigenvalue weighted by atomic mass is 35.5. The Balaban J connectivity index is 1.98. The molecule has 0 amide bonds. The first-order chi connectivity index (χ1) is 12.6. The van der Waals surface area contributed by atoms with Crippen LogP contribution in [-0.2, 0) is 0 Å². The molecule has 0 spiro atoms. The fourth-order valence-electron chi connectivity index (χ4n) is 2.72. The lowest BCUT2D eigenvalue weighted by Crippen LogP contribution is -2.06. The molecule has 0 fully saturated rings. The first kappa shape index (κ1) is 18.0. The zero-order valence-electron chi connectivity index (χ0n) is 13.6. The first-order valence-corrected chi connectivity index (χ1v) is 8.65. The van der Waals surface area contributed by atoms with Crippen LogP contribution in [0.2, 0.25) is 10.0 Å². The second-order valence-electron chi connectivity index (χ2n) is 5.71. The molecule has 0 saturated carbocycles. The second-order valence-corrected chi connectivity index (χ2v) is 6.59. The molecule has 0 radical (unpaired) electrons. The highest BCUT2D eigenvalue weighted by molar-refractivity contribution is 6.30. The third-order valence-corrected chi connectivity index (χ3v) is 4.55. The summed E-state index contributed by atoms with van der Waals surface area (Å²) in [6, 6.07) is 24.2. The molecule has 3 rings (SSSR count). The van der Waals surface area contributed by atoms with Crippen LogP contribution >= 0.6 is 23.2 Å². The van der Waals surface area contributed by atoms with E-state index in [4.69, 9.17) is 23.2 Å². The lowest BCUT2D eigenvalue weighted by Gasteiger charge is -2.14. The van der Waals surface area contributed by atoms with Gasteiger partial charge in [0.15, 0.2) is 0 Å². The Kier molecular flexibility index (Phi) is 5.54. The van der Waals surface area contributed by atoms with E-state index in [0.29, 0.717) is 21.4 Å². The van der Waals surface area contributed by atoms with Crippen molar-refractivity contribution in [1.29, 1.82) is 10.5 Å². The average molecular weight is 378 g/mol. The van der Waals surface area contributed by atoms with Crippen molar-refractivity contribution in [2.75, 3.05) is 0 Å². The van der Waals surface area contributed by atoms with Gasteiger partial charge in [0.05, 0.1) is 23.5 Å². The largest absolute Gasteiger partial charge is 0.254 e. The Hall–Kier alpha value is -2.85. The maximum Gasteiger partial charge on any atom is 0.113 e. The number of nitrogens with zero attached hydrogens (tertiary/aromatic N) is 3. The van der Waals surface area contributed by atoms with Gasteiger partial charge in [-0.2, -0.15) is 10.5 Å². The zero-order valence-corrected chi connectivity index (χ0v) is 15.1. The summed E-state index contributed by atoms with van der Waals surface area (Å²) >= 11 is 11.9. The minimum absolute atomic E-state index is 0.531. The number of nitriles is 2. The van der Waals surface area contributed by atoms with Crippen LogP contribution in [0.5, 0.6) is 0 Å². The third-order valence-electron chi connectivity index (χ3n) is 4.05. The van der Waals surface area contributed by atoms with Crippen molar-refractivity contribution in [3.05, 3.63) is 99.3 Å². The van der Waals surface area contributed by atoms with Crippen molar-refractivity contribution < 1.29 is 0 Å². The van der Waals surface area contributed by atoms with Gasteiger partial charge < -0.3 is 0 Å². The number of rotatable bonds is 4. The van der Waals surface area contributed by atoms with Crippen LogP contribution in [0.4, 0.5) is 0 Å². The predicted octanol–water partition coefficient (Wildman–Crippen LogP) is 5.70. The van der Waals surface area contributed by atoms with Gasteiger partial charge in [0.2, 0.25) is 0 Å². The van der Waals surface area contributed by atoms with Crippen molar-refractivity contribution >= 4 is 23.2 Å². The number of halogens is 2. The van der Waals surface area contributed by atoms with Gasteiger partial charge in [0.1, 0.15) is 11.8 Å². The molecule has 3 nitrogen and oxygen atoms in total. The summed E-state index contributed by atoms with van der Waals surface area (Å²) in [5.41, 5.74) is 2.81. The fraction of sp³-hybridized carbons (Fsp3) is 0.0952. The molecule has 2 aromatic carbocycles. The molecular weight excluding hydrogens is 365 g/mol. The minimum atomic E-state index is -0.531. The van der Waals surface area contributed by atoms with Crippen LogP contribution < -0.4 is 0 Å². The molecule has 1 aromatic heterocycles. The quantitative estimate of drug-likeness (QED) is 0.585. The number of hydrogen-bond donors (Lipinski definition) is 0. The molecule has 0 aliphatic rings. The minimum Gasteiger partial charge on any atom is -0.254 e. The van der Waals surface area contributed by atoms with E-state index in [9.17, 15) is 10.5 Å². The van der Waals surface area contributed by atoms with Crippen LogP contribution in [0, 0.1) is 22.7 Å². The number of benzene rings is 2. The SMILES string of the molecule is N#C[C@H](c1ccc(Cl)cc1)c1cccc([C@@H](C#N)c2ccc(Cl)cc2)n1. The Morgan fingerprint density at radius 3 is 1.38 bits per heavy atom. The summed E-state index contributed by atoms with van der Waals surface area (Å²) in [6.07, 6.45) is 0. The highest BCUT2D eigenvalue weighted by Crippen LogP contribution is 2.28. The van der Waals surface area contributed by atoms with E-state index < -0.39 is 11.8 Å². The number of aromatic nitrogens is 1. The molecule has 3 aromatic rings. The van der Waals surface area contributed by atoms with E-state index in [2.05, 4.69) is 17.1 Å². The van der Waals surface area contributed by atoms with E-state index in [1.54, 1.807) is 36.4 Å². The zero-order chi connectivity index (χ0) is 18.5. The van der Waals surface area contributed by atoms with Gasteiger partial charge in [0.25, 0.3) is 0 Å². The van der Waals surface area contributed by atoms with Gasteiger partial charge in [0, 0.05) is 10.0 Å². The second kappa shape index (κ2) is 8.02. The molecular formula is C21H13Cl2N3. The number of hydrogen-bond acceptors (Lipinski definition) is 3. The molecule has 0 unspecified atom stereocenters. The molecule has 0 aliphatic carbocycles. The monoisotopic (exact) mass is 377 g/mol. The standard InChI is InChI=1S/C21H13Cl2N3/c22-16-8-4-14(5-9-16)18(12-24)20-2-1-3-21(26-20)19(13-25)15-6-10-17(23)11-7-15/h1-11,18-19H/t18-,19+. The van der Waals surface area contributed by atoms with Crippen LogP contribution in [0.15, 0.2) is 66.7 Å². The Morgan fingerprint density at radius 2 is 1.04 bits per heavy atom. The normalized spacial score (nSPS) is 12.6. The van der Waals surface area contributed by atoms with E-state index >= 15 is 0 Å². The van der Waals surface area contributed by atoms with Gasteiger partial charge in [-0.05, 0) is 47.5 Å². The Labute approximate surface area is 162 Å². The van der Waals surface area contributed by atoms with Gasteiger partial charge in [-0.3, -0.25) is 4.98 Å². The molecule has 2 atom stereocenters. The lowest BCUT2D eigenvalue weighted by atomic mass is 9.93. The predicted molar refractivity (Wildman–Crippen MR) is 102 cm³/mol. The number of pyridine rings is 1. The lowest BCUT2D eigenvalue weighted by molar-refractivity contribution is 0.894. The van der Waals surface area contributed by atoms with E-state index in [1.807, 2.05) is 30.3 Å². The van der Waals surface area contributed by atoms with Crippen molar-refractivity contribution in [2.45, 2.75) is 11.8 Å². The first-order valence-electron chi connectivity index (χ1n) is 7.89. The molecule has 1 heterocycles. The molecule has 0 saturated heterocycles. The van der Waals surface area contributed by atoms with Crippen LogP contribution in [0.1, 0.15) is 34.4 Å². The van der Waals surface area contributed by atoms with E-state index in [0.717, 1.165) is 11.1 Å². The van der Waals surface area contributed by atoms with Gasteiger partial charge in [-0.1, -0.05) is 53.5 Å². The van der Waals surface area contributed by atoms with Gasteiger partial charge >= 0.3 is 0 Å². The summed E-state index contributed by atoms with van der Waals surface area (Å²) in [4.78, 5) is 4.60. The van der Waals surface area contributed by atoms with Crippen molar-refractivity contribution in [2.24, 2.45) is 0 Å². The van der Waals surface area contributed by atoms with Gasteiger partial charge in [-0.25, -0.2) is 0 Å². The van der Waals surface area contributed by atoms with Gasteiger partial charge in [-0.15, -0.1) is 0 Å². The maximum absolute atomic E-state index is 9.63. The summed E-state index contributed by atoms with van der Waals surface area (Å²) in [6.45, 7) is 0. The maximum atomic E-state index is 9.63. The summed E-state index contributed by atoms with van der Waals surface area (Å²) in [5.74, 6) is -1.06. The Morgan fingerprint density at radius 1 is 0.654 bits per heavy atom. The Bertz CT molecular complexity index is 905. The van der Waals surface area contributed by atoms with Crippen LogP contribution in [-0.4, -0.2) is 4.98 Å². The fourth-order valence-corrected chi connectivity index (χ4v) is 2.98. The average Bonchev–Trinajstić information content (AvgIpc) is 2.66.